The predicted molar refractivity (Wildman–Crippen MR) is 109 cm³/mol. The second kappa shape index (κ2) is 9.40. The van der Waals surface area contributed by atoms with E-state index >= 15 is 0 Å². The summed E-state index contributed by atoms with van der Waals surface area (Å²) in [4.78, 5) is 14.7. The summed E-state index contributed by atoms with van der Waals surface area (Å²) in [6, 6.07) is 13.4. The Labute approximate surface area is 177 Å². The standard InChI is InChI=1S/C20H21F3N2O3S2/c21-20(22,23)16-5-4-8-18(15-16)30(27,28)25-12-10-24(11-13-25)19(26)9-14-29-17-6-2-1-3-7-17/h1-8,15H,9-14H2. The van der Waals surface area contributed by atoms with Crippen molar-refractivity contribution < 1.29 is 26.4 Å². The number of hydrogen-bond donors (Lipinski definition) is 0. The molecule has 3 rings (SSSR count). The van der Waals surface area contributed by atoms with E-state index in [2.05, 4.69) is 0 Å². The lowest BCUT2D eigenvalue weighted by Gasteiger charge is -2.34. The molecule has 1 saturated heterocycles. The van der Waals surface area contributed by atoms with Crippen molar-refractivity contribution in [3.8, 4) is 0 Å². The SMILES string of the molecule is O=C(CCSc1ccccc1)N1CCN(S(=O)(=O)c2cccc(C(F)(F)F)c2)CC1. The molecule has 0 atom stereocenters. The molecule has 162 valence electrons. The van der Waals surface area contributed by atoms with Gasteiger partial charge in [-0.3, -0.25) is 4.79 Å². The van der Waals surface area contributed by atoms with E-state index in [9.17, 15) is 26.4 Å². The Hall–Kier alpha value is -2.04. The second-order valence-electron chi connectivity index (χ2n) is 6.72. The lowest BCUT2D eigenvalue weighted by Crippen LogP contribution is -2.50. The van der Waals surface area contributed by atoms with Crippen LogP contribution in [0.4, 0.5) is 13.2 Å². The van der Waals surface area contributed by atoms with Gasteiger partial charge in [-0.05, 0) is 30.3 Å². The number of carbonyl (C=O) groups excluding carboxylic acids is 1. The zero-order valence-electron chi connectivity index (χ0n) is 16.0. The predicted octanol–water partition coefficient (Wildman–Crippen LogP) is 3.72. The Morgan fingerprint density at radius 1 is 0.967 bits per heavy atom. The zero-order valence-corrected chi connectivity index (χ0v) is 17.6. The molecule has 0 saturated carbocycles. The Balaban J connectivity index is 1.55. The number of halogens is 3. The molecule has 0 N–H and O–H groups in total. The third-order valence-corrected chi connectivity index (χ3v) is 7.63. The fourth-order valence-electron chi connectivity index (χ4n) is 3.09. The van der Waals surface area contributed by atoms with Crippen LogP contribution < -0.4 is 0 Å². The molecule has 1 amide bonds. The van der Waals surface area contributed by atoms with Crippen LogP contribution in [0.5, 0.6) is 0 Å². The van der Waals surface area contributed by atoms with E-state index in [1.165, 1.54) is 0 Å². The van der Waals surface area contributed by atoms with Crippen molar-refractivity contribution in [3.63, 3.8) is 0 Å². The van der Waals surface area contributed by atoms with E-state index < -0.39 is 26.7 Å². The van der Waals surface area contributed by atoms with Gasteiger partial charge in [0.05, 0.1) is 10.5 Å². The number of amides is 1. The highest BCUT2D eigenvalue weighted by atomic mass is 32.2. The zero-order chi connectivity index (χ0) is 21.8. The molecule has 0 unspecified atom stereocenters. The number of piperazine rings is 1. The molecule has 5 nitrogen and oxygen atoms in total. The molecule has 2 aromatic rings. The minimum atomic E-state index is -4.62. The number of carbonyl (C=O) groups is 1. The highest BCUT2D eigenvalue weighted by Crippen LogP contribution is 2.31. The first-order chi connectivity index (χ1) is 14.2. The van der Waals surface area contributed by atoms with Gasteiger partial charge in [-0.1, -0.05) is 24.3 Å². The average molecular weight is 459 g/mol. The lowest BCUT2D eigenvalue weighted by molar-refractivity contribution is -0.137. The molecular formula is C20H21F3N2O3S2. The third-order valence-electron chi connectivity index (χ3n) is 4.72. The highest BCUT2D eigenvalue weighted by molar-refractivity contribution is 7.99. The van der Waals surface area contributed by atoms with Crippen molar-refractivity contribution in [1.29, 1.82) is 0 Å². The fraction of sp³-hybridized carbons (Fsp3) is 0.350. The molecule has 0 aliphatic carbocycles. The van der Waals surface area contributed by atoms with E-state index in [-0.39, 0.29) is 32.1 Å². The molecule has 0 spiro atoms. The quantitative estimate of drug-likeness (QED) is 0.619. The summed E-state index contributed by atoms with van der Waals surface area (Å²) >= 11 is 1.57. The number of hydrogen-bond acceptors (Lipinski definition) is 4. The van der Waals surface area contributed by atoms with E-state index in [0.29, 0.717) is 18.2 Å². The summed E-state index contributed by atoms with van der Waals surface area (Å²) in [5.41, 5.74) is -1.01. The number of nitrogens with zero attached hydrogens (tertiary/aromatic N) is 2. The van der Waals surface area contributed by atoms with E-state index in [0.717, 1.165) is 27.4 Å². The van der Waals surface area contributed by atoms with Gasteiger partial charge < -0.3 is 4.90 Å². The molecule has 10 heteroatoms. The van der Waals surface area contributed by atoms with E-state index in [1.54, 1.807) is 16.7 Å². The summed E-state index contributed by atoms with van der Waals surface area (Å²) in [5.74, 6) is 0.556. The molecule has 1 aliphatic rings. The van der Waals surface area contributed by atoms with Crippen LogP contribution in [0.15, 0.2) is 64.4 Å². The van der Waals surface area contributed by atoms with Crippen LogP contribution in [0.1, 0.15) is 12.0 Å². The van der Waals surface area contributed by atoms with Crippen LogP contribution in [0.3, 0.4) is 0 Å². The van der Waals surface area contributed by atoms with Crippen LogP contribution >= 0.6 is 11.8 Å². The topological polar surface area (TPSA) is 57.7 Å². The maximum atomic E-state index is 12.9. The summed E-state index contributed by atoms with van der Waals surface area (Å²) in [6.07, 6.45) is -4.28. The highest BCUT2D eigenvalue weighted by Gasteiger charge is 2.34. The van der Waals surface area contributed by atoms with Crippen LogP contribution in [0, 0.1) is 0 Å². The molecule has 0 bridgehead atoms. The van der Waals surface area contributed by atoms with Crippen molar-refractivity contribution in [3.05, 3.63) is 60.2 Å². The van der Waals surface area contributed by atoms with Crippen LogP contribution in [0.25, 0.3) is 0 Å². The van der Waals surface area contributed by atoms with Crippen molar-refractivity contribution in [1.82, 2.24) is 9.21 Å². The molecule has 1 fully saturated rings. The maximum Gasteiger partial charge on any atom is 0.416 e. The average Bonchev–Trinajstić information content (AvgIpc) is 2.74. The Morgan fingerprint density at radius 2 is 1.63 bits per heavy atom. The minimum absolute atomic E-state index is 0.0517. The first-order valence-corrected chi connectivity index (χ1v) is 11.7. The Kier molecular flexibility index (Phi) is 7.10. The Morgan fingerprint density at radius 3 is 2.27 bits per heavy atom. The van der Waals surface area contributed by atoms with Gasteiger partial charge in [0.15, 0.2) is 0 Å². The summed E-state index contributed by atoms with van der Waals surface area (Å²) < 4.78 is 65.3. The molecular weight excluding hydrogens is 437 g/mol. The number of rotatable bonds is 6. The van der Waals surface area contributed by atoms with Gasteiger partial charge in [0.2, 0.25) is 15.9 Å². The van der Waals surface area contributed by atoms with Gasteiger partial charge in [-0.2, -0.15) is 17.5 Å². The van der Waals surface area contributed by atoms with Crippen molar-refractivity contribution in [2.75, 3.05) is 31.9 Å². The molecule has 0 radical (unpaired) electrons. The summed E-state index contributed by atoms with van der Waals surface area (Å²) in [7, 11) is -4.06. The summed E-state index contributed by atoms with van der Waals surface area (Å²) in [5, 5.41) is 0. The molecule has 0 aromatic heterocycles. The van der Waals surface area contributed by atoms with E-state index in [4.69, 9.17) is 0 Å². The third kappa shape index (κ3) is 5.55. The molecule has 1 heterocycles. The van der Waals surface area contributed by atoms with Crippen LogP contribution in [-0.2, 0) is 21.0 Å². The largest absolute Gasteiger partial charge is 0.416 e. The number of benzene rings is 2. The van der Waals surface area contributed by atoms with Crippen LogP contribution in [-0.4, -0.2) is 55.5 Å². The van der Waals surface area contributed by atoms with Crippen molar-refractivity contribution in [2.45, 2.75) is 22.4 Å². The first-order valence-electron chi connectivity index (χ1n) is 9.31. The second-order valence-corrected chi connectivity index (χ2v) is 9.83. The van der Waals surface area contributed by atoms with Gasteiger partial charge in [0, 0.05) is 43.2 Å². The Bertz CT molecular complexity index is 974. The lowest BCUT2D eigenvalue weighted by atomic mass is 10.2. The molecule has 30 heavy (non-hydrogen) atoms. The van der Waals surface area contributed by atoms with Gasteiger partial charge in [0.1, 0.15) is 0 Å². The fourth-order valence-corrected chi connectivity index (χ4v) is 5.42. The molecule has 1 aliphatic heterocycles. The van der Waals surface area contributed by atoms with Gasteiger partial charge >= 0.3 is 6.18 Å². The van der Waals surface area contributed by atoms with Gasteiger partial charge in [-0.15, -0.1) is 11.8 Å². The number of thioether (sulfide) groups is 1. The van der Waals surface area contributed by atoms with Gasteiger partial charge in [-0.25, -0.2) is 8.42 Å². The van der Waals surface area contributed by atoms with Crippen molar-refractivity contribution in [2.24, 2.45) is 0 Å². The van der Waals surface area contributed by atoms with Gasteiger partial charge in [0.25, 0.3) is 0 Å². The first kappa shape index (κ1) is 22.6. The summed E-state index contributed by atoms with van der Waals surface area (Å²) in [6.45, 7) is 0.534. The van der Waals surface area contributed by atoms with E-state index in [1.807, 2.05) is 30.3 Å². The maximum absolute atomic E-state index is 12.9. The number of sulfonamides is 1. The smallest absolute Gasteiger partial charge is 0.340 e. The number of alkyl halides is 3. The van der Waals surface area contributed by atoms with Crippen molar-refractivity contribution >= 4 is 27.7 Å². The minimum Gasteiger partial charge on any atom is -0.340 e. The monoisotopic (exact) mass is 458 g/mol. The molecule has 2 aromatic carbocycles. The normalized spacial score (nSPS) is 15.9. The van der Waals surface area contributed by atoms with Crippen LogP contribution in [0.2, 0.25) is 0 Å².